The molecule has 1 aromatic heterocycles. The summed E-state index contributed by atoms with van der Waals surface area (Å²) in [5, 5.41) is 15.3. The van der Waals surface area contributed by atoms with E-state index in [1.807, 2.05) is 42.5 Å². The first-order valence-electron chi connectivity index (χ1n) is 14.6. The third-order valence-electron chi connectivity index (χ3n) is 7.83. The monoisotopic (exact) mass is 643 g/mol. The molecule has 0 radical (unpaired) electrons. The Balaban J connectivity index is 1.32. The van der Waals surface area contributed by atoms with Crippen molar-refractivity contribution in [3.05, 3.63) is 93.6 Å². The summed E-state index contributed by atoms with van der Waals surface area (Å²) in [7, 11) is 0. The summed E-state index contributed by atoms with van der Waals surface area (Å²) in [6.07, 6.45) is 5.23. The molecule has 9 nitrogen and oxygen atoms in total. The van der Waals surface area contributed by atoms with Gasteiger partial charge in [0.25, 0.3) is 0 Å². The van der Waals surface area contributed by atoms with E-state index in [9.17, 15) is 10.1 Å². The molecule has 0 aliphatic carbocycles. The van der Waals surface area contributed by atoms with Crippen molar-refractivity contribution in [2.45, 2.75) is 32.0 Å². The van der Waals surface area contributed by atoms with Gasteiger partial charge in [-0.05, 0) is 54.8 Å². The maximum absolute atomic E-state index is 11.4. The normalized spacial score (nSPS) is 16.3. The third-order valence-corrected chi connectivity index (χ3v) is 8.36. The molecule has 0 saturated carbocycles. The van der Waals surface area contributed by atoms with Gasteiger partial charge in [-0.2, -0.15) is 5.26 Å². The number of carbonyl (C=O) groups is 1. The summed E-state index contributed by atoms with van der Waals surface area (Å²) in [6, 6.07) is 19.1. The topological polar surface area (TPSA) is 123 Å². The van der Waals surface area contributed by atoms with Crippen LogP contribution in [-0.2, 0) is 16.1 Å². The number of ether oxygens (including phenoxy) is 3. The van der Waals surface area contributed by atoms with Gasteiger partial charge in [0.2, 0.25) is 5.91 Å². The lowest BCUT2D eigenvalue weighted by molar-refractivity contribution is -0.113. The van der Waals surface area contributed by atoms with Crippen molar-refractivity contribution in [1.29, 1.82) is 5.26 Å². The number of nitrogens with two attached hydrogens (primary N) is 1. The predicted octanol–water partition coefficient (Wildman–Crippen LogP) is 6.92. The van der Waals surface area contributed by atoms with E-state index in [-0.39, 0.29) is 6.10 Å². The molecule has 6 rings (SSSR count). The first-order valence-corrected chi connectivity index (χ1v) is 15.4. The van der Waals surface area contributed by atoms with E-state index in [1.54, 1.807) is 18.3 Å². The minimum atomic E-state index is -0.430. The molecular formula is C34H31Cl2N5O4. The average Bonchev–Trinajstić information content (AvgIpc) is 3.54. The number of fused-ring (bicyclic) bond motifs is 1. The second kappa shape index (κ2) is 13.7. The molecule has 2 saturated heterocycles. The van der Waals surface area contributed by atoms with Crippen molar-refractivity contribution in [2.24, 2.45) is 5.73 Å². The Morgan fingerprint density at radius 3 is 2.71 bits per heavy atom. The molecule has 3 aromatic carbocycles. The first kappa shape index (κ1) is 30.5. The summed E-state index contributed by atoms with van der Waals surface area (Å²) >= 11 is 12.7. The van der Waals surface area contributed by atoms with Gasteiger partial charge in [-0.15, -0.1) is 0 Å². The van der Waals surface area contributed by atoms with E-state index in [0.29, 0.717) is 89.8 Å². The lowest BCUT2D eigenvalue weighted by Crippen LogP contribution is -2.32. The predicted molar refractivity (Wildman–Crippen MR) is 176 cm³/mol. The molecule has 45 heavy (non-hydrogen) atoms. The van der Waals surface area contributed by atoms with E-state index in [1.165, 1.54) is 6.08 Å². The Kier molecular flexibility index (Phi) is 9.26. The van der Waals surface area contributed by atoms with Crippen LogP contribution < -0.4 is 25.4 Å². The molecule has 1 unspecified atom stereocenters. The van der Waals surface area contributed by atoms with E-state index in [4.69, 9.17) is 43.1 Å². The van der Waals surface area contributed by atoms with Crippen LogP contribution in [0.25, 0.3) is 10.9 Å². The standard InChI is InChI=1S/C34H31Cl2N5O4/c35-24-3-1-2-22(12-24)19-44-31-5-4-25(14-28(31)36)40-34-23(17-37)18-39-29-16-32(45-26-8-11-43-20-26)30(15-27(29)34)41-9-6-21(7-10-41)13-33(38)42/h1-5,12-16,18,26H,6-11,19-20H2,(H2,38,42)(H,39,40). The quantitative estimate of drug-likeness (QED) is 0.189. The van der Waals surface area contributed by atoms with Gasteiger partial charge in [0.15, 0.2) is 0 Å². The van der Waals surface area contributed by atoms with Gasteiger partial charge >= 0.3 is 0 Å². The maximum atomic E-state index is 11.4. The zero-order valence-corrected chi connectivity index (χ0v) is 25.9. The molecule has 0 bridgehead atoms. The molecule has 2 aliphatic heterocycles. The van der Waals surface area contributed by atoms with Crippen LogP contribution in [0.2, 0.25) is 10.0 Å². The number of carbonyl (C=O) groups excluding carboxylic acids is 1. The van der Waals surface area contributed by atoms with Crippen molar-refractivity contribution < 1.29 is 19.0 Å². The molecule has 1 amide bonds. The lowest BCUT2D eigenvalue weighted by atomic mass is 10.0. The number of rotatable bonds is 9. The second-order valence-electron chi connectivity index (χ2n) is 11.0. The summed E-state index contributed by atoms with van der Waals surface area (Å²) in [5.41, 5.74) is 10.6. The largest absolute Gasteiger partial charge is 0.487 e. The van der Waals surface area contributed by atoms with Crippen LogP contribution in [0.3, 0.4) is 0 Å². The minimum absolute atomic E-state index is 0.0611. The number of pyridine rings is 1. The van der Waals surface area contributed by atoms with Crippen LogP contribution >= 0.6 is 23.2 Å². The maximum Gasteiger partial charge on any atom is 0.241 e. The van der Waals surface area contributed by atoms with Crippen molar-refractivity contribution in [3.8, 4) is 17.6 Å². The van der Waals surface area contributed by atoms with E-state index in [2.05, 4.69) is 21.3 Å². The van der Waals surface area contributed by atoms with Gasteiger partial charge in [-0.3, -0.25) is 9.78 Å². The lowest BCUT2D eigenvalue weighted by Gasteiger charge is -2.32. The Bertz CT molecular complexity index is 1810. The van der Waals surface area contributed by atoms with Gasteiger partial charge in [0, 0.05) is 53.9 Å². The number of benzene rings is 3. The van der Waals surface area contributed by atoms with E-state index in [0.717, 1.165) is 28.6 Å². The number of amides is 1. The van der Waals surface area contributed by atoms with Crippen LogP contribution in [0.4, 0.5) is 17.1 Å². The number of halogens is 2. The highest BCUT2D eigenvalue weighted by molar-refractivity contribution is 6.32. The highest BCUT2D eigenvalue weighted by atomic mass is 35.5. The molecule has 230 valence electrons. The van der Waals surface area contributed by atoms with Crippen molar-refractivity contribution in [2.75, 3.05) is 36.5 Å². The molecule has 3 heterocycles. The number of nitrogens with zero attached hydrogens (tertiary/aromatic N) is 3. The van der Waals surface area contributed by atoms with Crippen LogP contribution in [0, 0.1) is 11.3 Å². The Labute approximate surface area is 271 Å². The number of nitrogens with one attached hydrogen (secondary N) is 1. The highest BCUT2D eigenvalue weighted by Gasteiger charge is 2.24. The molecule has 2 fully saturated rings. The number of primary amides is 1. The zero-order valence-electron chi connectivity index (χ0n) is 24.4. The smallest absolute Gasteiger partial charge is 0.241 e. The Morgan fingerprint density at radius 2 is 2.00 bits per heavy atom. The van der Waals surface area contributed by atoms with Crippen LogP contribution in [0.15, 0.2) is 72.4 Å². The molecule has 4 aromatic rings. The van der Waals surface area contributed by atoms with Crippen molar-refractivity contribution >= 4 is 57.1 Å². The Morgan fingerprint density at radius 1 is 1.16 bits per heavy atom. The number of piperidine rings is 1. The number of hydrogen-bond donors (Lipinski definition) is 2. The summed E-state index contributed by atoms with van der Waals surface area (Å²) in [6.45, 7) is 2.86. The number of aromatic nitrogens is 1. The van der Waals surface area contributed by atoms with Crippen LogP contribution in [0.1, 0.15) is 30.4 Å². The first-order chi connectivity index (χ1) is 21.9. The molecule has 11 heteroatoms. The Hall–Kier alpha value is -4.49. The molecule has 1 atom stereocenters. The number of hydrogen-bond acceptors (Lipinski definition) is 8. The number of nitriles is 1. The van der Waals surface area contributed by atoms with Crippen molar-refractivity contribution in [1.82, 2.24) is 4.98 Å². The zero-order chi connectivity index (χ0) is 31.3. The van der Waals surface area contributed by atoms with E-state index >= 15 is 0 Å². The average molecular weight is 645 g/mol. The fourth-order valence-corrected chi connectivity index (χ4v) is 6.01. The molecular weight excluding hydrogens is 613 g/mol. The summed E-state index contributed by atoms with van der Waals surface area (Å²) in [4.78, 5) is 18.3. The van der Waals surface area contributed by atoms with E-state index < -0.39 is 5.91 Å². The molecule has 3 N–H and O–H groups in total. The second-order valence-corrected chi connectivity index (χ2v) is 11.8. The van der Waals surface area contributed by atoms with Gasteiger partial charge in [0.1, 0.15) is 30.3 Å². The third kappa shape index (κ3) is 7.26. The van der Waals surface area contributed by atoms with Gasteiger partial charge < -0.3 is 30.2 Å². The van der Waals surface area contributed by atoms with Gasteiger partial charge in [0.05, 0.1) is 40.7 Å². The van der Waals surface area contributed by atoms with Gasteiger partial charge in [-0.25, -0.2) is 0 Å². The van der Waals surface area contributed by atoms with Crippen LogP contribution in [-0.4, -0.2) is 43.3 Å². The summed E-state index contributed by atoms with van der Waals surface area (Å²) < 4.78 is 17.9. The van der Waals surface area contributed by atoms with Crippen LogP contribution in [0.5, 0.6) is 11.5 Å². The SMILES string of the molecule is N#Cc1cnc2cc(OC3CCOC3)c(N3CCC(=CC(N)=O)CC3)cc2c1Nc1ccc(OCc2cccc(Cl)c2)c(Cl)c1. The number of anilines is 3. The molecule has 0 spiro atoms. The minimum Gasteiger partial charge on any atom is -0.487 e. The fraction of sp³-hybridized carbons (Fsp3) is 0.265. The van der Waals surface area contributed by atoms with Crippen molar-refractivity contribution in [3.63, 3.8) is 0 Å². The summed E-state index contributed by atoms with van der Waals surface area (Å²) in [5.74, 6) is 0.797. The highest BCUT2D eigenvalue weighted by Crippen LogP contribution is 2.40. The molecule has 2 aliphatic rings. The fourth-order valence-electron chi connectivity index (χ4n) is 5.56. The van der Waals surface area contributed by atoms with Gasteiger partial charge in [-0.1, -0.05) is 40.9 Å².